The normalized spacial score (nSPS) is 12.4. The van der Waals surface area contributed by atoms with Gasteiger partial charge in [-0.2, -0.15) is 10.2 Å². The third-order valence-electron chi connectivity index (χ3n) is 3.25. The molecule has 0 aliphatic carbocycles. The van der Waals surface area contributed by atoms with Crippen LogP contribution in [0.3, 0.4) is 0 Å². The molecule has 0 aliphatic heterocycles. The maximum atomic E-state index is 12.3. The van der Waals surface area contributed by atoms with E-state index in [2.05, 4.69) is 15.5 Å². The molecule has 2 rings (SSSR count). The summed E-state index contributed by atoms with van der Waals surface area (Å²) in [6.45, 7) is 6.35. The van der Waals surface area contributed by atoms with Crippen LogP contribution in [0.25, 0.3) is 0 Å². The van der Waals surface area contributed by atoms with Crippen molar-refractivity contribution in [3.63, 3.8) is 0 Å². The summed E-state index contributed by atoms with van der Waals surface area (Å²) in [5, 5.41) is 11.3. The molecule has 0 aromatic carbocycles. The second-order valence-corrected chi connectivity index (χ2v) is 4.80. The third-order valence-corrected chi connectivity index (χ3v) is 3.25. The summed E-state index contributed by atoms with van der Waals surface area (Å²) in [6.07, 6.45) is 3.40. The number of nitrogens with two attached hydrogens (primary N) is 1. The minimum absolute atomic E-state index is 0.143. The van der Waals surface area contributed by atoms with Gasteiger partial charge in [0.1, 0.15) is 5.69 Å². The number of hydrogen-bond donors (Lipinski definition) is 2. The number of nitrogen functional groups attached to an aromatic ring is 1. The standard InChI is InChI=1S/C13H20N6O/c1-5-19-12(11(14)6-15-19)13(20)16-8(2)10-7-18(4)17-9(10)3/h6-8H,5,14H2,1-4H3,(H,16,20). The van der Waals surface area contributed by atoms with Crippen molar-refractivity contribution in [1.29, 1.82) is 0 Å². The Balaban J connectivity index is 2.19. The van der Waals surface area contributed by atoms with Gasteiger partial charge >= 0.3 is 0 Å². The second-order valence-electron chi connectivity index (χ2n) is 4.80. The Kier molecular flexibility index (Phi) is 3.78. The molecule has 3 N–H and O–H groups in total. The van der Waals surface area contributed by atoms with Gasteiger partial charge in [-0.05, 0) is 20.8 Å². The number of carbonyl (C=O) groups is 1. The van der Waals surface area contributed by atoms with Crippen molar-refractivity contribution in [1.82, 2.24) is 24.9 Å². The first-order valence-electron chi connectivity index (χ1n) is 6.56. The highest BCUT2D eigenvalue weighted by molar-refractivity contribution is 5.97. The molecular weight excluding hydrogens is 256 g/mol. The monoisotopic (exact) mass is 276 g/mol. The SMILES string of the molecule is CCn1ncc(N)c1C(=O)NC(C)c1cn(C)nc1C. The average molecular weight is 276 g/mol. The number of aromatic nitrogens is 4. The van der Waals surface area contributed by atoms with Crippen molar-refractivity contribution in [3.8, 4) is 0 Å². The highest BCUT2D eigenvalue weighted by Gasteiger charge is 2.20. The summed E-state index contributed by atoms with van der Waals surface area (Å²) < 4.78 is 3.32. The highest BCUT2D eigenvalue weighted by atomic mass is 16.2. The van der Waals surface area contributed by atoms with Crippen LogP contribution in [0.2, 0.25) is 0 Å². The molecule has 0 bridgehead atoms. The van der Waals surface area contributed by atoms with Gasteiger partial charge in [0.25, 0.3) is 5.91 Å². The fourth-order valence-corrected chi connectivity index (χ4v) is 2.27. The van der Waals surface area contributed by atoms with Gasteiger partial charge in [-0.1, -0.05) is 0 Å². The van der Waals surface area contributed by atoms with Crippen molar-refractivity contribution in [2.24, 2.45) is 7.05 Å². The summed E-state index contributed by atoms with van der Waals surface area (Å²) in [7, 11) is 1.86. The van der Waals surface area contributed by atoms with Gasteiger partial charge in [0.05, 0.1) is 23.6 Å². The van der Waals surface area contributed by atoms with Gasteiger partial charge < -0.3 is 11.1 Å². The second kappa shape index (κ2) is 5.36. The Bertz CT molecular complexity index is 627. The van der Waals surface area contributed by atoms with Crippen LogP contribution in [0.4, 0.5) is 5.69 Å². The predicted molar refractivity (Wildman–Crippen MR) is 76.1 cm³/mol. The molecule has 1 amide bonds. The maximum Gasteiger partial charge on any atom is 0.272 e. The van der Waals surface area contributed by atoms with Crippen LogP contribution in [-0.2, 0) is 13.6 Å². The van der Waals surface area contributed by atoms with Crippen molar-refractivity contribution in [2.45, 2.75) is 33.4 Å². The summed E-state index contributed by atoms with van der Waals surface area (Å²) in [5.41, 5.74) is 8.49. The average Bonchev–Trinajstić information content (AvgIpc) is 2.91. The molecule has 0 fully saturated rings. The van der Waals surface area contributed by atoms with E-state index in [1.165, 1.54) is 6.20 Å². The zero-order valence-electron chi connectivity index (χ0n) is 12.2. The predicted octanol–water partition coefficient (Wildman–Crippen LogP) is 1.02. The lowest BCUT2D eigenvalue weighted by Gasteiger charge is -2.14. The largest absolute Gasteiger partial charge is 0.396 e. The molecule has 2 aromatic heterocycles. The van der Waals surface area contributed by atoms with E-state index in [1.807, 2.05) is 34.0 Å². The van der Waals surface area contributed by atoms with Crippen molar-refractivity contribution in [2.75, 3.05) is 5.73 Å². The van der Waals surface area contributed by atoms with Crippen molar-refractivity contribution in [3.05, 3.63) is 29.3 Å². The number of carbonyl (C=O) groups excluding carboxylic acids is 1. The van der Waals surface area contributed by atoms with Crippen LogP contribution < -0.4 is 11.1 Å². The fourth-order valence-electron chi connectivity index (χ4n) is 2.27. The van der Waals surface area contributed by atoms with E-state index >= 15 is 0 Å². The molecule has 1 atom stereocenters. The zero-order chi connectivity index (χ0) is 14.9. The molecule has 0 spiro atoms. The summed E-state index contributed by atoms with van der Waals surface area (Å²) in [4.78, 5) is 12.3. The van der Waals surface area contributed by atoms with Crippen LogP contribution >= 0.6 is 0 Å². The molecule has 7 nitrogen and oxygen atoms in total. The first kappa shape index (κ1) is 14.1. The van der Waals surface area contributed by atoms with Gasteiger partial charge in [0.15, 0.2) is 0 Å². The van der Waals surface area contributed by atoms with Gasteiger partial charge in [-0.3, -0.25) is 14.2 Å². The molecule has 1 unspecified atom stereocenters. The minimum atomic E-state index is -0.224. The smallest absolute Gasteiger partial charge is 0.272 e. The van der Waals surface area contributed by atoms with Crippen LogP contribution in [0.5, 0.6) is 0 Å². The number of rotatable bonds is 4. The first-order valence-corrected chi connectivity index (χ1v) is 6.56. The van der Waals surface area contributed by atoms with Crippen LogP contribution in [0.15, 0.2) is 12.4 Å². The Labute approximate surface area is 117 Å². The number of nitrogens with zero attached hydrogens (tertiary/aromatic N) is 4. The summed E-state index contributed by atoms with van der Waals surface area (Å²) in [6, 6.07) is -0.143. The molecule has 108 valence electrons. The summed E-state index contributed by atoms with van der Waals surface area (Å²) in [5.74, 6) is -0.224. The van der Waals surface area contributed by atoms with Gasteiger partial charge in [0.2, 0.25) is 0 Å². The molecule has 0 saturated carbocycles. The minimum Gasteiger partial charge on any atom is -0.396 e. The van der Waals surface area contributed by atoms with E-state index in [1.54, 1.807) is 9.36 Å². The molecular formula is C13H20N6O. The number of aryl methyl sites for hydroxylation is 3. The Hall–Kier alpha value is -2.31. The number of hydrogen-bond acceptors (Lipinski definition) is 4. The molecule has 0 aliphatic rings. The lowest BCUT2D eigenvalue weighted by molar-refractivity contribution is 0.0930. The number of amides is 1. The van der Waals surface area contributed by atoms with E-state index in [9.17, 15) is 4.79 Å². The van der Waals surface area contributed by atoms with Gasteiger partial charge in [-0.15, -0.1) is 0 Å². The first-order chi connectivity index (χ1) is 9.43. The Morgan fingerprint density at radius 1 is 1.55 bits per heavy atom. The molecule has 2 heterocycles. The lowest BCUT2D eigenvalue weighted by atomic mass is 10.1. The van der Waals surface area contributed by atoms with Gasteiger partial charge in [0, 0.05) is 25.4 Å². The Morgan fingerprint density at radius 3 is 2.80 bits per heavy atom. The quantitative estimate of drug-likeness (QED) is 0.872. The molecule has 2 aromatic rings. The number of nitrogens with one attached hydrogen (secondary N) is 1. The fraction of sp³-hybridized carbons (Fsp3) is 0.462. The topological polar surface area (TPSA) is 90.8 Å². The van der Waals surface area contributed by atoms with E-state index in [4.69, 9.17) is 5.73 Å². The van der Waals surface area contributed by atoms with E-state index in [0.29, 0.717) is 17.9 Å². The van der Waals surface area contributed by atoms with E-state index in [-0.39, 0.29) is 11.9 Å². The highest BCUT2D eigenvalue weighted by Crippen LogP contribution is 2.17. The van der Waals surface area contributed by atoms with Crippen molar-refractivity contribution >= 4 is 11.6 Å². The van der Waals surface area contributed by atoms with Crippen LogP contribution in [-0.4, -0.2) is 25.5 Å². The van der Waals surface area contributed by atoms with E-state index in [0.717, 1.165) is 11.3 Å². The molecule has 20 heavy (non-hydrogen) atoms. The van der Waals surface area contributed by atoms with Crippen LogP contribution in [0.1, 0.15) is 41.6 Å². The lowest BCUT2D eigenvalue weighted by Crippen LogP contribution is -2.29. The third kappa shape index (κ3) is 2.52. The van der Waals surface area contributed by atoms with E-state index < -0.39 is 0 Å². The molecule has 0 radical (unpaired) electrons. The maximum absolute atomic E-state index is 12.3. The molecule has 0 saturated heterocycles. The Morgan fingerprint density at radius 2 is 2.25 bits per heavy atom. The molecule has 7 heteroatoms. The van der Waals surface area contributed by atoms with Crippen LogP contribution in [0, 0.1) is 6.92 Å². The zero-order valence-corrected chi connectivity index (χ0v) is 12.2. The van der Waals surface area contributed by atoms with Crippen molar-refractivity contribution < 1.29 is 4.79 Å². The van der Waals surface area contributed by atoms with Gasteiger partial charge in [-0.25, -0.2) is 0 Å². The summed E-state index contributed by atoms with van der Waals surface area (Å²) >= 11 is 0. The number of anilines is 1.